The van der Waals surface area contributed by atoms with Crippen molar-refractivity contribution >= 4 is 5.95 Å². The molecule has 0 atom stereocenters. The Bertz CT molecular complexity index is 1070. The maximum absolute atomic E-state index is 13.1. The van der Waals surface area contributed by atoms with Crippen molar-refractivity contribution in [2.45, 2.75) is 25.6 Å². The van der Waals surface area contributed by atoms with Gasteiger partial charge >= 0.3 is 12.3 Å². The first kappa shape index (κ1) is 22.0. The van der Waals surface area contributed by atoms with Gasteiger partial charge < -0.3 is 10.1 Å². The first-order valence-corrected chi connectivity index (χ1v) is 8.99. The molecule has 0 amide bonds. The molecule has 3 aromatic rings. The summed E-state index contributed by atoms with van der Waals surface area (Å²) in [6.45, 7) is 2.21. The van der Waals surface area contributed by atoms with Crippen molar-refractivity contribution < 1.29 is 26.7 Å². The van der Waals surface area contributed by atoms with E-state index in [-0.39, 0.29) is 18.9 Å². The molecule has 0 fully saturated rings. The minimum absolute atomic E-state index is 0.200. The number of hydrogen-bond acceptors (Lipinski definition) is 5. The highest BCUT2D eigenvalue weighted by Crippen LogP contribution is 2.37. The van der Waals surface area contributed by atoms with Gasteiger partial charge in [0.2, 0.25) is 5.95 Å². The molecule has 1 heterocycles. The van der Waals surface area contributed by atoms with Gasteiger partial charge in [-0.1, -0.05) is 29.8 Å². The third-order valence-corrected chi connectivity index (χ3v) is 4.09. The average Bonchev–Trinajstić information content (AvgIpc) is 3.12. The fourth-order valence-corrected chi connectivity index (χ4v) is 2.52. The lowest BCUT2D eigenvalue weighted by Gasteiger charge is -2.20. The largest absolute Gasteiger partial charge is 0.499 e. The summed E-state index contributed by atoms with van der Waals surface area (Å²) >= 11 is 0. The molecule has 0 saturated heterocycles. The molecule has 0 radical (unpaired) electrons. The number of ether oxygens (including phenoxy) is 1. The Kier molecular flexibility index (Phi) is 6.10. The third-order valence-electron chi connectivity index (χ3n) is 4.09. The van der Waals surface area contributed by atoms with Crippen LogP contribution in [0, 0.1) is 18.3 Å². The summed E-state index contributed by atoms with van der Waals surface area (Å²) in [4.78, 5) is 4.40. The number of nitrogens with zero attached hydrogens (tertiary/aromatic N) is 4. The molecule has 11 heteroatoms. The van der Waals surface area contributed by atoms with Crippen LogP contribution in [-0.2, 0) is 0 Å². The molecule has 0 aliphatic carbocycles. The molecule has 31 heavy (non-hydrogen) atoms. The van der Waals surface area contributed by atoms with Crippen molar-refractivity contribution in [2.24, 2.45) is 0 Å². The standard InChI is InChI=1S/C20H16F5N5O/c1-13-3-5-14(6-4-13)17-28-18(27-12-2-11-26)30(29-17)15-7-9-16(10-8-15)31-20(24,25)19(21,22)23/h3-10H,2,12H2,1H3,(H,27,28,29). The number of aromatic nitrogens is 3. The van der Waals surface area contributed by atoms with Crippen LogP contribution in [0.5, 0.6) is 5.75 Å². The molecule has 0 unspecified atom stereocenters. The van der Waals surface area contributed by atoms with Crippen LogP contribution in [0.1, 0.15) is 12.0 Å². The molecule has 0 saturated carbocycles. The smallest absolute Gasteiger partial charge is 0.426 e. The molecule has 1 N–H and O–H groups in total. The second-order valence-corrected chi connectivity index (χ2v) is 6.48. The number of halogens is 5. The van der Waals surface area contributed by atoms with Crippen molar-refractivity contribution in [2.75, 3.05) is 11.9 Å². The van der Waals surface area contributed by atoms with Crippen LogP contribution in [0.25, 0.3) is 17.1 Å². The Labute approximate surface area is 173 Å². The van der Waals surface area contributed by atoms with Crippen LogP contribution >= 0.6 is 0 Å². The number of rotatable bonds is 7. The van der Waals surface area contributed by atoms with Gasteiger partial charge in [-0.15, -0.1) is 5.10 Å². The van der Waals surface area contributed by atoms with Crippen molar-refractivity contribution in [1.29, 1.82) is 5.26 Å². The second-order valence-electron chi connectivity index (χ2n) is 6.48. The summed E-state index contributed by atoms with van der Waals surface area (Å²) in [5.74, 6) is -0.0209. The van der Waals surface area contributed by atoms with Crippen molar-refractivity contribution in [3.63, 3.8) is 0 Å². The van der Waals surface area contributed by atoms with Crippen molar-refractivity contribution in [3.05, 3.63) is 54.1 Å². The number of alkyl halides is 5. The van der Waals surface area contributed by atoms with Gasteiger partial charge in [0.1, 0.15) is 5.75 Å². The quantitative estimate of drug-likeness (QED) is 0.411. The van der Waals surface area contributed by atoms with Gasteiger partial charge in [0, 0.05) is 12.1 Å². The zero-order chi connectivity index (χ0) is 22.6. The van der Waals surface area contributed by atoms with Crippen LogP contribution < -0.4 is 10.1 Å². The Balaban J connectivity index is 1.91. The van der Waals surface area contributed by atoms with E-state index >= 15 is 0 Å². The highest BCUT2D eigenvalue weighted by molar-refractivity contribution is 5.58. The molecule has 3 rings (SSSR count). The van der Waals surface area contributed by atoms with Crippen LogP contribution in [0.15, 0.2) is 48.5 Å². The van der Waals surface area contributed by atoms with Gasteiger partial charge in [0.25, 0.3) is 0 Å². The van der Waals surface area contributed by atoms with Crippen molar-refractivity contribution in [1.82, 2.24) is 14.8 Å². The summed E-state index contributed by atoms with van der Waals surface area (Å²) in [5, 5.41) is 16.1. The van der Waals surface area contributed by atoms with Crippen LogP contribution in [0.2, 0.25) is 0 Å². The third kappa shape index (κ3) is 5.09. The Morgan fingerprint density at radius 1 is 1.03 bits per heavy atom. The average molecular weight is 437 g/mol. The lowest BCUT2D eigenvalue weighted by atomic mass is 10.1. The first-order chi connectivity index (χ1) is 14.6. The molecule has 0 aliphatic heterocycles. The maximum atomic E-state index is 13.1. The first-order valence-electron chi connectivity index (χ1n) is 8.99. The predicted molar refractivity (Wildman–Crippen MR) is 102 cm³/mol. The molecule has 2 aromatic carbocycles. The fraction of sp³-hybridized carbons (Fsp3) is 0.250. The van der Waals surface area contributed by atoms with E-state index < -0.39 is 18.0 Å². The van der Waals surface area contributed by atoms with Crippen LogP contribution in [0.4, 0.5) is 27.9 Å². The zero-order valence-corrected chi connectivity index (χ0v) is 16.1. The highest BCUT2D eigenvalue weighted by atomic mass is 19.4. The normalized spacial score (nSPS) is 11.8. The summed E-state index contributed by atoms with van der Waals surface area (Å²) in [5.41, 5.74) is 2.10. The van der Waals surface area contributed by atoms with E-state index in [0.717, 1.165) is 23.3 Å². The van der Waals surface area contributed by atoms with Crippen LogP contribution in [-0.4, -0.2) is 33.6 Å². The molecule has 0 spiro atoms. The lowest BCUT2D eigenvalue weighted by Crippen LogP contribution is -2.41. The zero-order valence-electron chi connectivity index (χ0n) is 16.1. The Morgan fingerprint density at radius 2 is 1.68 bits per heavy atom. The van der Waals surface area contributed by atoms with Gasteiger partial charge in [-0.2, -0.15) is 36.9 Å². The van der Waals surface area contributed by atoms with Gasteiger partial charge in [-0.05, 0) is 31.2 Å². The summed E-state index contributed by atoms with van der Waals surface area (Å²) in [7, 11) is 0. The van der Waals surface area contributed by atoms with E-state index in [0.29, 0.717) is 11.5 Å². The van der Waals surface area contributed by atoms with Gasteiger partial charge in [0.15, 0.2) is 5.82 Å². The molecule has 1 aromatic heterocycles. The molecular weight excluding hydrogens is 421 g/mol. The predicted octanol–water partition coefficient (Wildman–Crippen LogP) is 5.10. The van der Waals surface area contributed by atoms with E-state index in [1.807, 2.05) is 37.3 Å². The number of aryl methyl sites for hydroxylation is 1. The number of nitrogens with one attached hydrogen (secondary N) is 1. The minimum atomic E-state index is -5.83. The van der Waals surface area contributed by atoms with Crippen LogP contribution in [0.3, 0.4) is 0 Å². The molecule has 0 aliphatic rings. The number of anilines is 1. The van der Waals surface area contributed by atoms with Gasteiger partial charge in [0.05, 0.1) is 18.2 Å². The Morgan fingerprint density at radius 3 is 2.26 bits per heavy atom. The molecular formula is C20H16F5N5O. The Hall–Kier alpha value is -3.68. The number of nitriles is 1. The summed E-state index contributed by atoms with van der Waals surface area (Å²) in [6.07, 6.45) is -10.9. The van der Waals surface area contributed by atoms with E-state index in [9.17, 15) is 22.0 Å². The lowest BCUT2D eigenvalue weighted by molar-refractivity contribution is -0.360. The van der Waals surface area contributed by atoms with E-state index in [2.05, 4.69) is 20.1 Å². The number of hydrogen-bond donors (Lipinski definition) is 1. The molecule has 162 valence electrons. The SMILES string of the molecule is Cc1ccc(-c2nc(NCCC#N)n(-c3ccc(OC(F)(F)C(F)(F)F)cc3)n2)cc1. The van der Waals surface area contributed by atoms with E-state index in [1.54, 1.807) is 0 Å². The van der Waals surface area contributed by atoms with Gasteiger partial charge in [-0.25, -0.2) is 0 Å². The summed E-state index contributed by atoms with van der Waals surface area (Å²) in [6, 6.07) is 13.9. The maximum Gasteiger partial charge on any atom is 0.499 e. The van der Waals surface area contributed by atoms with Crippen molar-refractivity contribution in [3.8, 4) is 28.9 Å². The molecule has 6 nitrogen and oxygen atoms in total. The second kappa shape index (κ2) is 8.59. The minimum Gasteiger partial charge on any atom is -0.426 e. The fourth-order valence-electron chi connectivity index (χ4n) is 2.52. The summed E-state index contributed by atoms with van der Waals surface area (Å²) < 4.78 is 68.3. The number of benzene rings is 2. The molecule has 0 bridgehead atoms. The highest BCUT2D eigenvalue weighted by Gasteiger charge is 2.61. The van der Waals surface area contributed by atoms with E-state index in [1.165, 1.54) is 16.8 Å². The van der Waals surface area contributed by atoms with Gasteiger partial charge in [-0.3, -0.25) is 0 Å². The van der Waals surface area contributed by atoms with E-state index in [4.69, 9.17) is 5.26 Å². The monoisotopic (exact) mass is 437 g/mol. The topological polar surface area (TPSA) is 75.8 Å².